The monoisotopic (exact) mass is 822 g/mol. The molecule has 14 nitrogen and oxygen atoms in total. The molecule has 16 heteroatoms. The number of anilines is 3. The molecule has 2 aromatic heterocycles. The minimum atomic E-state index is -1.30. The number of rotatable bonds is 13. The van der Waals surface area contributed by atoms with Crippen molar-refractivity contribution in [3.63, 3.8) is 0 Å². The first-order valence-corrected chi connectivity index (χ1v) is 20.5. The molecule has 0 spiro atoms. The quantitative estimate of drug-likeness (QED) is 0.0845. The first-order valence-electron chi connectivity index (χ1n) is 20.5. The van der Waals surface area contributed by atoms with Crippen molar-refractivity contribution in [1.29, 1.82) is 5.26 Å². The molecule has 1 saturated carbocycles. The van der Waals surface area contributed by atoms with Crippen LogP contribution in [0.2, 0.25) is 0 Å². The lowest BCUT2D eigenvalue weighted by atomic mass is 9.90. The van der Waals surface area contributed by atoms with E-state index in [1.54, 1.807) is 50.4 Å². The number of aliphatic hydroxyl groups is 1. The number of nitrogens with zero attached hydrogens (tertiary/aromatic N) is 7. The number of amides is 2. The second kappa shape index (κ2) is 17.8. The van der Waals surface area contributed by atoms with Gasteiger partial charge in [0, 0.05) is 111 Å². The average molecular weight is 823 g/mol. The van der Waals surface area contributed by atoms with E-state index in [9.17, 15) is 24.8 Å². The predicted molar refractivity (Wildman–Crippen MR) is 225 cm³/mol. The second-order valence-electron chi connectivity index (χ2n) is 16.6. The van der Waals surface area contributed by atoms with E-state index in [1.165, 1.54) is 29.9 Å². The maximum atomic E-state index is 15.1. The van der Waals surface area contributed by atoms with Crippen LogP contribution in [0.15, 0.2) is 53.7 Å². The molecule has 0 bridgehead atoms. The molecule has 0 radical (unpaired) electrons. The Morgan fingerprint density at radius 3 is 2.32 bits per heavy atom. The summed E-state index contributed by atoms with van der Waals surface area (Å²) in [7, 11) is 1.48. The van der Waals surface area contributed by atoms with E-state index >= 15 is 8.78 Å². The van der Waals surface area contributed by atoms with Gasteiger partial charge in [0.1, 0.15) is 29.7 Å². The average Bonchev–Trinajstić information content (AvgIpc) is 3.65. The van der Waals surface area contributed by atoms with E-state index in [2.05, 4.69) is 25.5 Å². The molecular formula is C44H52F2N10O4. The lowest BCUT2D eigenvalue weighted by Crippen LogP contribution is -2.64. The molecule has 2 aliphatic heterocycles. The molecule has 60 heavy (non-hydrogen) atoms. The number of nitrogens with two attached hydrogens (primary N) is 1. The molecule has 4 heterocycles. The van der Waals surface area contributed by atoms with Crippen LogP contribution < -0.4 is 21.3 Å². The molecule has 7 rings (SSSR count). The van der Waals surface area contributed by atoms with E-state index in [0.29, 0.717) is 70.7 Å². The van der Waals surface area contributed by atoms with Crippen LogP contribution in [-0.2, 0) is 15.2 Å². The van der Waals surface area contributed by atoms with Gasteiger partial charge in [-0.1, -0.05) is 0 Å². The Balaban J connectivity index is 0.897. The first kappa shape index (κ1) is 42.4. The van der Waals surface area contributed by atoms with E-state index in [4.69, 9.17) is 10.7 Å². The predicted octanol–water partition coefficient (Wildman–Crippen LogP) is 4.59. The fraction of sp³-hybridized carbons (Fsp3) is 0.455. The highest BCUT2D eigenvalue weighted by atomic mass is 19.1. The van der Waals surface area contributed by atoms with E-state index < -0.39 is 29.1 Å². The topological polar surface area (TPSA) is 185 Å². The van der Waals surface area contributed by atoms with Crippen molar-refractivity contribution in [1.82, 2.24) is 24.7 Å². The fourth-order valence-corrected chi connectivity index (χ4v) is 8.70. The minimum absolute atomic E-state index is 0.00201. The number of aliphatic imine (C=N–C) groups is 1. The number of halogens is 2. The molecule has 2 saturated heterocycles. The summed E-state index contributed by atoms with van der Waals surface area (Å²) in [5, 5.41) is 29.8. The number of nitrogens with one attached hydrogen (secondary N) is 2. The van der Waals surface area contributed by atoms with Gasteiger partial charge in [-0.05, 0) is 88.4 Å². The third-order valence-electron chi connectivity index (χ3n) is 12.3. The van der Waals surface area contributed by atoms with Gasteiger partial charge in [-0.15, -0.1) is 0 Å². The zero-order valence-electron chi connectivity index (χ0n) is 34.2. The van der Waals surface area contributed by atoms with Crippen molar-refractivity contribution in [2.75, 3.05) is 62.3 Å². The highest BCUT2D eigenvalue weighted by molar-refractivity contribution is 6.05. The van der Waals surface area contributed by atoms with Gasteiger partial charge in [0.25, 0.3) is 5.91 Å². The molecule has 316 valence electrons. The summed E-state index contributed by atoms with van der Waals surface area (Å²) in [5.41, 5.74) is 8.53. The van der Waals surface area contributed by atoms with Gasteiger partial charge in [0.2, 0.25) is 5.91 Å². The number of benzene rings is 2. The van der Waals surface area contributed by atoms with Gasteiger partial charge in [-0.3, -0.25) is 24.4 Å². The van der Waals surface area contributed by atoms with Gasteiger partial charge >= 0.3 is 0 Å². The molecule has 2 amide bonds. The lowest BCUT2D eigenvalue weighted by molar-refractivity contribution is -0.120. The Bertz CT molecular complexity index is 2290. The van der Waals surface area contributed by atoms with E-state index in [0.717, 1.165) is 51.9 Å². The number of nitriles is 1. The summed E-state index contributed by atoms with van der Waals surface area (Å²) >= 11 is 0. The molecule has 1 atom stereocenters. The van der Waals surface area contributed by atoms with Crippen LogP contribution in [0.4, 0.5) is 25.8 Å². The van der Waals surface area contributed by atoms with E-state index in [-0.39, 0.29) is 36.0 Å². The number of aromatic nitrogens is 2. The molecular weight excluding hydrogens is 771 g/mol. The van der Waals surface area contributed by atoms with Gasteiger partial charge in [-0.2, -0.15) is 10.4 Å². The summed E-state index contributed by atoms with van der Waals surface area (Å²) < 4.78 is 31.7. The zero-order chi connectivity index (χ0) is 42.7. The van der Waals surface area contributed by atoms with Crippen molar-refractivity contribution in [3.8, 4) is 6.07 Å². The third-order valence-corrected chi connectivity index (χ3v) is 12.3. The van der Waals surface area contributed by atoms with Crippen LogP contribution in [-0.4, -0.2) is 113 Å². The van der Waals surface area contributed by atoms with E-state index in [1.807, 2.05) is 11.0 Å². The van der Waals surface area contributed by atoms with Crippen molar-refractivity contribution < 1.29 is 28.3 Å². The number of hydrogen-bond acceptors (Lipinski definition) is 11. The van der Waals surface area contributed by atoms with Crippen molar-refractivity contribution in [2.45, 2.75) is 82.0 Å². The largest absolute Gasteiger partial charge is 0.398 e. The highest BCUT2D eigenvalue weighted by Gasteiger charge is 2.36. The van der Waals surface area contributed by atoms with Gasteiger partial charge in [-0.25, -0.2) is 13.3 Å². The van der Waals surface area contributed by atoms with Gasteiger partial charge in [0.05, 0.1) is 28.9 Å². The molecule has 3 aliphatic rings. The summed E-state index contributed by atoms with van der Waals surface area (Å²) in [6, 6.07) is 13.9. The van der Waals surface area contributed by atoms with Crippen LogP contribution in [0.3, 0.4) is 0 Å². The number of carbonyl (C=O) groups is 3. The standard InChI is InChI=1S/C44H52F2N10O4/c1-44(2,60)35-20-38(48)29(17-39(35)52-43(59)40-10-9-32-16-27(21-47)22-51-56(32)40)23-50-30-5-7-31(8-6-30)53-12-14-54(15-13-53)34-24-55(25-34)33-18-36(45)42(37(46)19-33)28(26-57)4-11-41(58)49-3/h9-10,16-20,22-23,26,28,30-31,34,60H,4-8,11-15,24-25,48H2,1-3H3,(H,49,58)(H,52,59)/t28-,30?,31?/m0/s1. The Hall–Kier alpha value is -5.76. The maximum absolute atomic E-state index is 15.1. The summed E-state index contributed by atoms with van der Waals surface area (Å²) in [4.78, 5) is 48.7. The maximum Gasteiger partial charge on any atom is 0.274 e. The summed E-state index contributed by atoms with van der Waals surface area (Å²) in [5.74, 6) is -3.29. The number of fused-ring (bicyclic) bond motifs is 1. The Kier molecular flexibility index (Phi) is 12.6. The van der Waals surface area contributed by atoms with Crippen LogP contribution in [0.5, 0.6) is 0 Å². The minimum Gasteiger partial charge on any atom is -0.398 e. The third kappa shape index (κ3) is 9.18. The van der Waals surface area contributed by atoms with Crippen LogP contribution >= 0.6 is 0 Å². The molecule has 2 aromatic carbocycles. The van der Waals surface area contributed by atoms with Gasteiger partial charge in [0.15, 0.2) is 0 Å². The number of carbonyl (C=O) groups excluding carboxylic acids is 3. The Labute approximate surface area is 348 Å². The normalized spacial score (nSPS) is 19.9. The van der Waals surface area contributed by atoms with Crippen LogP contribution in [0.1, 0.15) is 91.0 Å². The summed E-state index contributed by atoms with van der Waals surface area (Å²) in [6.45, 7) is 8.33. The molecule has 5 N–H and O–H groups in total. The van der Waals surface area contributed by atoms with Crippen LogP contribution in [0, 0.1) is 23.0 Å². The Morgan fingerprint density at radius 2 is 1.70 bits per heavy atom. The van der Waals surface area contributed by atoms with Crippen LogP contribution in [0.25, 0.3) is 5.52 Å². The van der Waals surface area contributed by atoms with Gasteiger partial charge < -0.3 is 31.2 Å². The SMILES string of the molecule is CNC(=O)CC[C@@H](C=O)c1c(F)cc(N2CC(N3CCN(C4CCC(N=Cc5cc(NC(=O)c6ccc7cc(C#N)cnn67)c(C(C)(C)O)cc5N)CC4)CC3)C2)cc1F. The van der Waals surface area contributed by atoms with Crippen molar-refractivity contribution in [3.05, 3.63) is 88.2 Å². The van der Waals surface area contributed by atoms with Crippen molar-refractivity contribution >= 4 is 46.9 Å². The number of piperazine rings is 1. The lowest BCUT2D eigenvalue weighted by Gasteiger charge is -2.50. The number of hydrogen-bond donors (Lipinski definition) is 4. The molecule has 4 aromatic rings. The molecule has 3 fully saturated rings. The second-order valence-corrected chi connectivity index (χ2v) is 16.6. The number of nitrogen functional groups attached to an aromatic ring is 1. The summed E-state index contributed by atoms with van der Waals surface area (Å²) in [6.07, 6.45) is 7.60. The smallest absolute Gasteiger partial charge is 0.274 e. The fourth-order valence-electron chi connectivity index (χ4n) is 8.70. The first-order chi connectivity index (χ1) is 28.8. The Morgan fingerprint density at radius 1 is 1.03 bits per heavy atom. The number of aldehydes is 1. The van der Waals surface area contributed by atoms with Crippen molar-refractivity contribution in [2.24, 2.45) is 4.99 Å². The molecule has 1 aliphatic carbocycles. The highest BCUT2D eigenvalue weighted by Crippen LogP contribution is 2.35. The molecule has 0 unspecified atom stereocenters. The zero-order valence-corrected chi connectivity index (χ0v) is 34.2.